The first-order valence-corrected chi connectivity index (χ1v) is 9.89. The third kappa shape index (κ3) is 8.43. The fourth-order valence-electron chi connectivity index (χ4n) is 2.31. The van der Waals surface area contributed by atoms with Crippen molar-refractivity contribution in [1.82, 2.24) is 10.6 Å². The van der Waals surface area contributed by atoms with E-state index in [1.54, 1.807) is 6.07 Å². The third-order valence-corrected chi connectivity index (χ3v) is 4.69. The van der Waals surface area contributed by atoms with Gasteiger partial charge in [-0.15, -0.1) is 0 Å². The molecular weight excluding hydrogens is 424 g/mol. The van der Waals surface area contributed by atoms with E-state index in [0.29, 0.717) is 17.9 Å². The van der Waals surface area contributed by atoms with Gasteiger partial charge in [-0.3, -0.25) is 9.59 Å². The van der Waals surface area contributed by atoms with Crippen LogP contribution in [0.2, 0.25) is 0 Å². The van der Waals surface area contributed by atoms with Crippen LogP contribution in [0, 0.1) is 12.8 Å². The van der Waals surface area contributed by atoms with Gasteiger partial charge in [0, 0.05) is 17.4 Å². The molecule has 0 aliphatic heterocycles. The predicted molar refractivity (Wildman–Crippen MR) is 111 cm³/mol. The molecule has 4 N–H and O–H groups in total. The minimum atomic E-state index is -0.290. The second-order valence-electron chi connectivity index (χ2n) is 6.82. The van der Waals surface area contributed by atoms with Crippen molar-refractivity contribution in [2.24, 2.45) is 5.92 Å². The van der Waals surface area contributed by atoms with Crippen LogP contribution >= 0.6 is 15.9 Å². The van der Waals surface area contributed by atoms with E-state index in [2.05, 4.69) is 45.6 Å². The maximum absolute atomic E-state index is 11.5. The highest BCUT2D eigenvalue weighted by atomic mass is 79.9. The van der Waals surface area contributed by atoms with Crippen molar-refractivity contribution in [3.63, 3.8) is 0 Å². The molecule has 150 valence electrons. The number of benzene rings is 2. The van der Waals surface area contributed by atoms with Crippen LogP contribution < -0.4 is 10.6 Å². The average Bonchev–Trinajstić information content (AvgIpc) is 3.48. The zero-order valence-corrected chi connectivity index (χ0v) is 17.3. The highest BCUT2D eigenvalue weighted by Crippen LogP contribution is 2.32. The summed E-state index contributed by atoms with van der Waals surface area (Å²) in [5, 5.41) is 23.7. The second kappa shape index (κ2) is 10.7. The number of hydrogen-bond acceptors (Lipinski definition) is 4. The van der Waals surface area contributed by atoms with Crippen LogP contribution in [0.3, 0.4) is 0 Å². The Labute approximate surface area is 173 Å². The van der Waals surface area contributed by atoms with Gasteiger partial charge in [0.1, 0.15) is 0 Å². The molecule has 28 heavy (non-hydrogen) atoms. The number of carbonyl (C=O) groups is 2. The zero-order chi connectivity index (χ0) is 20.5. The van der Waals surface area contributed by atoms with Crippen LogP contribution in [0.15, 0.2) is 46.9 Å². The normalized spacial score (nSPS) is 12.5. The first-order valence-electron chi connectivity index (χ1n) is 9.10. The lowest BCUT2D eigenvalue weighted by Gasteiger charge is -2.07. The molecule has 3 rings (SSSR count). The molecule has 1 aliphatic carbocycles. The summed E-state index contributed by atoms with van der Waals surface area (Å²) < 4.78 is 1.14. The summed E-state index contributed by atoms with van der Waals surface area (Å²) >= 11 is 3.35. The number of nitrogens with one attached hydrogen (secondary N) is 2. The first kappa shape index (κ1) is 21.8. The number of phenolic OH excluding ortho intramolecular Hbond substituents is 2. The van der Waals surface area contributed by atoms with E-state index >= 15 is 0 Å². The van der Waals surface area contributed by atoms with Crippen molar-refractivity contribution in [2.45, 2.75) is 32.7 Å². The Balaban J connectivity index is 0.000000292. The topological polar surface area (TPSA) is 98.7 Å². The SMILES string of the molecule is Cc1ccc(Br)cc1.O=C(CNC(=O)CC1CC1)NCc1ccc(O)c(O)c1. The molecule has 0 saturated heterocycles. The van der Waals surface area contributed by atoms with E-state index in [4.69, 9.17) is 5.11 Å². The summed E-state index contributed by atoms with van der Waals surface area (Å²) in [6.07, 6.45) is 2.70. The van der Waals surface area contributed by atoms with Crippen LogP contribution in [0.5, 0.6) is 11.5 Å². The molecular formula is C21H25BrN2O4. The van der Waals surface area contributed by atoms with Crippen molar-refractivity contribution in [2.75, 3.05) is 6.54 Å². The van der Waals surface area contributed by atoms with E-state index in [-0.39, 0.29) is 36.4 Å². The van der Waals surface area contributed by atoms with E-state index in [1.807, 2.05) is 12.1 Å². The number of halogens is 1. The quantitative estimate of drug-likeness (QED) is 0.509. The standard InChI is InChI=1S/C14H18N2O4.C7H7Br/c17-11-4-3-10(5-12(11)18)7-15-14(20)8-16-13(19)6-9-1-2-9;1-6-2-4-7(8)5-3-6/h3-5,9,17-18H,1-2,6-8H2,(H,15,20)(H,16,19);2-5H,1H3. The third-order valence-electron chi connectivity index (χ3n) is 4.16. The van der Waals surface area contributed by atoms with Gasteiger partial charge in [0.25, 0.3) is 0 Å². The molecule has 6 nitrogen and oxygen atoms in total. The first-order chi connectivity index (χ1) is 13.3. The lowest BCUT2D eigenvalue weighted by Crippen LogP contribution is -2.36. The smallest absolute Gasteiger partial charge is 0.239 e. The van der Waals surface area contributed by atoms with E-state index in [0.717, 1.165) is 17.3 Å². The number of rotatable bonds is 6. The molecule has 2 aromatic carbocycles. The minimum absolute atomic E-state index is 0.0460. The lowest BCUT2D eigenvalue weighted by atomic mass is 10.2. The molecule has 0 heterocycles. The van der Waals surface area contributed by atoms with E-state index in [1.165, 1.54) is 17.7 Å². The molecule has 0 atom stereocenters. The number of amides is 2. The number of aryl methyl sites for hydroxylation is 1. The van der Waals surface area contributed by atoms with Gasteiger partial charge in [0.15, 0.2) is 11.5 Å². The summed E-state index contributed by atoms with van der Waals surface area (Å²) in [7, 11) is 0. The van der Waals surface area contributed by atoms with Gasteiger partial charge in [-0.25, -0.2) is 0 Å². The summed E-state index contributed by atoms with van der Waals surface area (Å²) in [5.41, 5.74) is 1.96. The Hall–Kier alpha value is -2.54. The van der Waals surface area contributed by atoms with Crippen molar-refractivity contribution in [3.05, 3.63) is 58.1 Å². The van der Waals surface area contributed by atoms with Crippen molar-refractivity contribution in [3.8, 4) is 11.5 Å². The van der Waals surface area contributed by atoms with Gasteiger partial charge in [-0.1, -0.05) is 39.7 Å². The summed E-state index contributed by atoms with van der Waals surface area (Å²) in [5.74, 6) is -0.313. The van der Waals surface area contributed by atoms with Crippen LogP contribution in [0.4, 0.5) is 0 Å². The van der Waals surface area contributed by atoms with Gasteiger partial charge in [-0.2, -0.15) is 0 Å². The minimum Gasteiger partial charge on any atom is -0.504 e. The molecule has 2 amide bonds. The molecule has 0 spiro atoms. The van der Waals surface area contributed by atoms with Gasteiger partial charge in [0.2, 0.25) is 11.8 Å². The number of carbonyl (C=O) groups excluding carboxylic acids is 2. The largest absolute Gasteiger partial charge is 0.504 e. The number of hydrogen-bond donors (Lipinski definition) is 4. The van der Waals surface area contributed by atoms with Crippen molar-refractivity contribution >= 4 is 27.7 Å². The number of aromatic hydroxyl groups is 2. The fourth-order valence-corrected chi connectivity index (χ4v) is 2.57. The molecule has 0 aromatic heterocycles. The molecule has 1 aliphatic rings. The van der Waals surface area contributed by atoms with Gasteiger partial charge in [-0.05, 0) is 55.5 Å². The second-order valence-corrected chi connectivity index (χ2v) is 7.74. The summed E-state index contributed by atoms with van der Waals surface area (Å²) in [4.78, 5) is 22.9. The molecule has 0 radical (unpaired) electrons. The van der Waals surface area contributed by atoms with Gasteiger partial charge >= 0.3 is 0 Å². The van der Waals surface area contributed by atoms with Crippen LogP contribution in [-0.4, -0.2) is 28.6 Å². The Bertz CT molecular complexity index is 784. The average molecular weight is 449 g/mol. The Morgan fingerprint density at radius 1 is 1.00 bits per heavy atom. The lowest BCUT2D eigenvalue weighted by molar-refractivity contribution is -0.126. The maximum atomic E-state index is 11.5. The van der Waals surface area contributed by atoms with E-state index < -0.39 is 0 Å². The number of phenols is 2. The van der Waals surface area contributed by atoms with E-state index in [9.17, 15) is 14.7 Å². The molecule has 2 aromatic rings. The molecule has 7 heteroatoms. The monoisotopic (exact) mass is 448 g/mol. The van der Waals surface area contributed by atoms with Crippen LogP contribution in [0.25, 0.3) is 0 Å². The zero-order valence-electron chi connectivity index (χ0n) is 15.7. The van der Waals surface area contributed by atoms with Crippen LogP contribution in [0.1, 0.15) is 30.4 Å². The van der Waals surface area contributed by atoms with Crippen molar-refractivity contribution < 1.29 is 19.8 Å². The van der Waals surface area contributed by atoms with Crippen molar-refractivity contribution in [1.29, 1.82) is 0 Å². The van der Waals surface area contributed by atoms with Crippen LogP contribution in [-0.2, 0) is 16.1 Å². The Morgan fingerprint density at radius 3 is 2.25 bits per heavy atom. The highest BCUT2D eigenvalue weighted by Gasteiger charge is 2.24. The van der Waals surface area contributed by atoms with Gasteiger partial charge < -0.3 is 20.8 Å². The molecule has 1 fully saturated rings. The predicted octanol–water partition coefficient (Wildman–Crippen LogP) is 3.39. The molecule has 0 unspecified atom stereocenters. The Kier molecular flexibility index (Phi) is 8.32. The molecule has 0 bridgehead atoms. The molecule has 1 saturated carbocycles. The van der Waals surface area contributed by atoms with Gasteiger partial charge in [0.05, 0.1) is 6.54 Å². The maximum Gasteiger partial charge on any atom is 0.239 e. The summed E-state index contributed by atoms with van der Waals surface area (Å²) in [6, 6.07) is 12.6. The summed E-state index contributed by atoms with van der Waals surface area (Å²) in [6.45, 7) is 2.26. The Morgan fingerprint density at radius 2 is 1.68 bits per heavy atom. The highest BCUT2D eigenvalue weighted by molar-refractivity contribution is 9.10. The fraction of sp³-hybridized carbons (Fsp3) is 0.333.